The molecule has 0 aromatic carbocycles. The average Bonchev–Trinajstić information content (AvgIpc) is 2.49. The molecule has 4 nitrogen and oxygen atoms in total. The number of hydrogen-bond donors (Lipinski definition) is 3. The van der Waals surface area contributed by atoms with Crippen molar-refractivity contribution in [3.8, 4) is 0 Å². The predicted molar refractivity (Wildman–Crippen MR) is 48.1 cm³/mol. The largest absolute Gasteiger partial charge is 0.392 e. The average molecular weight is 187 g/mol. The minimum atomic E-state index is -1.17. The van der Waals surface area contributed by atoms with Gasteiger partial charge in [0.15, 0.2) is 0 Å². The first-order chi connectivity index (χ1) is 6.04. The first-order valence-electron chi connectivity index (χ1n) is 4.73. The fraction of sp³-hybridized carbons (Fsp3) is 0.889. The molecule has 0 unspecified atom stereocenters. The standard InChI is InChI=1S/C9H17NO3/c1-7(11)6-10-8(12)9(13)4-2-3-5-9/h7,11,13H,2-6H2,1H3,(H,10,12)/t7-/m0/s1. The van der Waals surface area contributed by atoms with E-state index in [0.717, 1.165) is 12.8 Å². The van der Waals surface area contributed by atoms with Crippen molar-refractivity contribution in [2.45, 2.75) is 44.3 Å². The highest BCUT2D eigenvalue weighted by atomic mass is 16.3. The lowest BCUT2D eigenvalue weighted by atomic mass is 10.0. The zero-order chi connectivity index (χ0) is 9.90. The van der Waals surface area contributed by atoms with Gasteiger partial charge in [0.1, 0.15) is 5.60 Å². The molecular weight excluding hydrogens is 170 g/mol. The second-order valence-electron chi connectivity index (χ2n) is 3.80. The van der Waals surface area contributed by atoms with Crippen molar-refractivity contribution in [2.75, 3.05) is 6.54 Å². The fourth-order valence-electron chi connectivity index (χ4n) is 1.59. The number of carbonyl (C=O) groups is 1. The number of nitrogens with one attached hydrogen (secondary N) is 1. The van der Waals surface area contributed by atoms with E-state index in [1.165, 1.54) is 0 Å². The summed E-state index contributed by atoms with van der Waals surface area (Å²) in [6.45, 7) is 1.81. The first kappa shape index (κ1) is 10.5. The van der Waals surface area contributed by atoms with Gasteiger partial charge < -0.3 is 15.5 Å². The van der Waals surface area contributed by atoms with Crippen LogP contribution < -0.4 is 5.32 Å². The Bertz CT molecular complexity index is 185. The Morgan fingerprint density at radius 1 is 1.54 bits per heavy atom. The topological polar surface area (TPSA) is 69.6 Å². The van der Waals surface area contributed by atoms with Gasteiger partial charge in [-0.1, -0.05) is 0 Å². The van der Waals surface area contributed by atoms with Crippen LogP contribution in [0.2, 0.25) is 0 Å². The van der Waals surface area contributed by atoms with Crippen LogP contribution in [0, 0.1) is 0 Å². The van der Waals surface area contributed by atoms with E-state index >= 15 is 0 Å². The van der Waals surface area contributed by atoms with Gasteiger partial charge in [-0.25, -0.2) is 0 Å². The summed E-state index contributed by atoms with van der Waals surface area (Å²) in [7, 11) is 0. The number of amides is 1. The third kappa shape index (κ3) is 2.67. The maximum Gasteiger partial charge on any atom is 0.252 e. The molecule has 0 saturated heterocycles. The summed E-state index contributed by atoms with van der Waals surface area (Å²) in [5.74, 6) is -0.342. The van der Waals surface area contributed by atoms with Crippen molar-refractivity contribution < 1.29 is 15.0 Å². The molecule has 0 aromatic heterocycles. The molecule has 1 amide bonds. The van der Waals surface area contributed by atoms with Crippen LogP contribution in [0.15, 0.2) is 0 Å². The highest BCUT2D eigenvalue weighted by molar-refractivity contribution is 5.85. The molecule has 1 fully saturated rings. The van der Waals surface area contributed by atoms with E-state index in [-0.39, 0.29) is 12.5 Å². The summed E-state index contributed by atoms with van der Waals surface area (Å²) < 4.78 is 0. The maximum absolute atomic E-state index is 11.4. The second-order valence-corrected chi connectivity index (χ2v) is 3.80. The Hall–Kier alpha value is -0.610. The monoisotopic (exact) mass is 187 g/mol. The number of carbonyl (C=O) groups excluding carboxylic acids is 1. The van der Waals surface area contributed by atoms with Crippen LogP contribution in [0.5, 0.6) is 0 Å². The lowest BCUT2D eigenvalue weighted by molar-refractivity contribution is -0.139. The van der Waals surface area contributed by atoms with Gasteiger partial charge in [-0.05, 0) is 32.6 Å². The maximum atomic E-state index is 11.4. The van der Waals surface area contributed by atoms with Crippen LogP contribution in [0.3, 0.4) is 0 Å². The van der Waals surface area contributed by atoms with Crippen LogP contribution in [-0.4, -0.2) is 34.4 Å². The molecule has 1 saturated carbocycles. The van der Waals surface area contributed by atoms with Crippen LogP contribution in [0.1, 0.15) is 32.6 Å². The first-order valence-corrected chi connectivity index (χ1v) is 4.73. The molecule has 0 aromatic rings. The Labute approximate surface area is 78.0 Å². The molecule has 13 heavy (non-hydrogen) atoms. The van der Waals surface area contributed by atoms with Crippen molar-refractivity contribution in [3.05, 3.63) is 0 Å². The molecule has 0 aliphatic heterocycles. The smallest absolute Gasteiger partial charge is 0.252 e. The molecule has 3 N–H and O–H groups in total. The van der Waals surface area contributed by atoms with E-state index < -0.39 is 11.7 Å². The molecule has 1 atom stereocenters. The zero-order valence-electron chi connectivity index (χ0n) is 7.92. The molecule has 1 rings (SSSR count). The van der Waals surface area contributed by atoms with E-state index in [1.807, 2.05) is 0 Å². The molecule has 0 radical (unpaired) electrons. The lowest BCUT2D eigenvalue weighted by Gasteiger charge is -2.21. The third-order valence-electron chi connectivity index (χ3n) is 2.41. The van der Waals surface area contributed by atoms with Gasteiger partial charge in [-0.2, -0.15) is 0 Å². The van der Waals surface area contributed by atoms with Gasteiger partial charge in [0.05, 0.1) is 6.10 Å². The van der Waals surface area contributed by atoms with E-state index in [9.17, 15) is 9.90 Å². The van der Waals surface area contributed by atoms with E-state index in [1.54, 1.807) is 6.92 Å². The highest BCUT2D eigenvalue weighted by Gasteiger charge is 2.38. The van der Waals surface area contributed by atoms with Gasteiger partial charge in [-0.15, -0.1) is 0 Å². The van der Waals surface area contributed by atoms with Crippen LogP contribution in [-0.2, 0) is 4.79 Å². The van der Waals surface area contributed by atoms with E-state index in [4.69, 9.17) is 5.11 Å². The molecule has 4 heteroatoms. The second kappa shape index (κ2) is 4.07. The zero-order valence-corrected chi connectivity index (χ0v) is 7.92. The Kier molecular flexibility index (Phi) is 3.27. The quantitative estimate of drug-likeness (QED) is 0.572. The molecule has 1 aliphatic rings. The van der Waals surface area contributed by atoms with Gasteiger partial charge >= 0.3 is 0 Å². The third-order valence-corrected chi connectivity index (χ3v) is 2.41. The van der Waals surface area contributed by atoms with Crippen LogP contribution in [0.4, 0.5) is 0 Å². The minimum absolute atomic E-state index is 0.209. The van der Waals surface area contributed by atoms with Crippen molar-refractivity contribution in [2.24, 2.45) is 0 Å². The summed E-state index contributed by atoms with van der Waals surface area (Å²) in [4.78, 5) is 11.4. The minimum Gasteiger partial charge on any atom is -0.392 e. The van der Waals surface area contributed by atoms with Crippen molar-refractivity contribution in [3.63, 3.8) is 0 Å². The fourth-order valence-corrected chi connectivity index (χ4v) is 1.59. The number of hydrogen-bond acceptors (Lipinski definition) is 3. The van der Waals surface area contributed by atoms with Crippen LogP contribution in [0.25, 0.3) is 0 Å². The summed E-state index contributed by atoms with van der Waals surface area (Å²) in [5.41, 5.74) is -1.17. The summed E-state index contributed by atoms with van der Waals surface area (Å²) >= 11 is 0. The van der Waals surface area contributed by atoms with Gasteiger partial charge in [0.2, 0.25) is 0 Å². The number of aliphatic hydroxyl groups excluding tert-OH is 1. The van der Waals surface area contributed by atoms with Gasteiger partial charge in [0, 0.05) is 6.54 Å². The summed E-state index contributed by atoms with van der Waals surface area (Å²) in [6, 6.07) is 0. The molecule has 0 spiro atoms. The normalized spacial score (nSPS) is 22.7. The van der Waals surface area contributed by atoms with E-state index in [0.29, 0.717) is 12.8 Å². The summed E-state index contributed by atoms with van der Waals surface area (Å²) in [5, 5.41) is 21.2. The highest BCUT2D eigenvalue weighted by Crippen LogP contribution is 2.29. The lowest BCUT2D eigenvalue weighted by Crippen LogP contribution is -2.46. The Morgan fingerprint density at radius 2 is 2.08 bits per heavy atom. The van der Waals surface area contributed by atoms with Gasteiger partial charge in [0.25, 0.3) is 5.91 Å². The predicted octanol–water partition coefficient (Wildman–Crippen LogP) is -0.212. The van der Waals surface area contributed by atoms with E-state index in [2.05, 4.69) is 5.32 Å². The Balaban J connectivity index is 2.38. The number of aliphatic hydroxyl groups is 2. The number of rotatable bonds is 3. The SMILES string of the molecule is C[C@H](O)CNC(=O)C1(O)CCCC1. The molecule has 0 heterocycles. The molecule has 0 bridgehead atoms. The van der Waals surface area contributed by atoms with Gasteiger partial charge in [-0.3, -0.25) is 4.79 Å². The van der Waals surface area contributed by atoms with Crippen LogP contribution >= 0.6 is 0 Å². The molecule has 76 valence electrons. The van der Waals surface area contributed by atoms with Crippen molar-refractivity contribution in [1.82, 2.24) is 5.32 Å². The molecule has 1 aliphatic carbocycles. The molecular formula is C9H17NO3. The van der Waals surface area contributed by atoms with Crippen molar-refractivity contribution >= 4 is 5.91 Å². The summed E-state index contributed by atoms with van der Waals surface area (Å²) in [6.07, 6.45) is 2.32. The van der Waals surface area contributed by atoms with Crippen molar-refractivity contribution in [1.29, 1.82) is 0 Å². The Morgan fingerprint density at radius 3 is 2.54 bits per heavy atom.